The van der Waals surface area contributed by atoms with Crippen molar-refractivity contribution in [2.24, 2.45) is 5.73 Å². The molecule has 0 radical (unpaired) electrons. The molecule has 92 valence electrons. The second kappa shape index (κ2) is 5.29. The first-order valence-corrected chi connectivity index (χ1v) is 6.06. The van der Waals surface area contributed by atoms with Crippen molar-refractivity contribution in [3.63, 3.8) is 0 Å². The van der Waals surface area contributed by atoms with Gasteiger partial charge in [-0.25, -0.2) is 5.43 Å². The summed E-state index contributed by atoms with van der Waals surface area (Å²) < 4.78 is 0. The predicted octanol–water partition coefficient (Wildman–Crippen LogP) is 0.816. The molecule has 1 aliphatic carbocycles. The molecule has 1 amide bonds. The lowest BCUT2D eigenvalue weighted by Gasteiger charge is -2.18. The summed E-state index contributed by atoms with van der Waals surface area (Å²) in [6.45, 7) is 0. The fourth-order valence-corrected chi connectivity index (χ4v) is 2.30. The summed E-state index contributed by atoms with van der Waals surface area (Å²) in [5, 5.41) is 0. The standard InChI is InChI=1S/C13H19N3O/c1-15-16-13(17)12(14)11-7-6-9-4-2-3-5-10(9)8-11/h6-8,12,15H,2-5,14H2,1H3,(H,16,17). The number of aryl methyl sites for hydroxylation is 2. The lowest BCUT2D eigenvalue weighted by atomic mass is 9.89. The van der Waals surface area contributed by atoms with Gasteiger partial charge in [-0.3, -0.25) is 10.2 Å². The molecule has 0 saturated heterocycles. The van der Waals surface area contributed by atoms with E-state index in [9.17, 15) is 4.79 Å². The minimum absolute atomic E-state index is 0.205. The highest BCUT2D eigenvalue weighted by Gasteiger charge is 2.17. The van der Waals surface area contributed by atoms with E-state index in [0.717, 1.165) is 18.4 Å². The van der Waals surface area contributed by atoms with E-state index < -0.39 is 6.04 Å². The van der Waals surface area contributed by atoms with Gasteiger partial charge >= 0.3 is 0 Å². The number of carbonyl (C=O) groups excluding carboxylic acids is 1. The summed E-state index contributed by atoms with van der Waals surface area (Å²) in [5.41, 5.74) is 14.7. The molecule has 0 spiro atoms. The average molecular weight is 233 g/mol. The van der Waals surface area contributed by atoms with E-state index in [1.165, 1.54) is 24.0 Å². The number of carbonyl (C=O) groups is 1. The first-order chi connectivity index (χ1) is 8.22. The molecule has 1 unspecified atom stereocenters. The largest absolute Gasteiger partial charge is 0.316 e. The summed E-state index contributed by atoms with van der Waals surface area (Å²) in [6.07, 6.45) is 4.74. The molecule has 0 bridgehead atoms. The van der Waals surface area contributed by atoms with Gasteiger partial charge in [0.1, 0.15) is 6.04 Å². The maximum atomic E-state index is 11.6. The van der Waals surface area contributed by atoms with Crippen LogP contribution in [0.15, 0.2) is 18.2 Å². The third kappa shape index (κ3) is 2.65. The molecule has 0 saturated carbocycles. The molecule has 1 aromatic carbocycles. The first kappa shape index (κ1) is 12.1. The Morgan fingerprint density at radius 3 is 2.71 bits per heavy atom. The maximum absolute atomic E-state index is 11.6. The third-order valence-electron chi connectivity index (χ3n) is 3.26. The fraction of sp³-hybridized carbons (Fsp3) is 0.462. The van der Waals surface area contributed by atoms with Crippen molar-refractivity contribution in [1.82, 2.24) is 10.9 Å². The Morgan fingerprint density at radius 2 is 2.00 bits per heavy atom. The summed E-state index contributed by atoms with van der Waals surface area (Å²) in [7, 11) is 1.65. The Morgan fingerprint density at radius 1 is 1.29 bits per heavy atom. The molecule has 0 aliphatic heterocycles. The fourth-order valence-electron chi connectivity index (χ4n) is 2.30. The van der Waals surface area contributed by atoms with Crippen molar-refractivity contribution in [2.75, 3.05) is 7.05 Å². The Balaban J connectivity index is 2.18. The molecule has 4 nitrogen and oxygen atoms in total. The van der Waals surface area contributed by atoms with Gasteiger partial charge in [-0.2, -0.15) is 0 Å². The van der Waals surface area contributed by atoms with Crippen LogP contribution in [-0.4, -0.2) is 13.0 Å². The highest BCUT2D eigenvalue weighted by molar-refractivity contribution is 5.82. The van der Waals surface area contributed by atoms with Crippen LogP contribution in [-0.2, 0) is 17.6 Å². The van der Waals surface area contributed by atoms with Gasteiger partial charge in [0, 0.05) is 7.05 Å². The Hall–Kier alpha value is -1.39. The molecule has 2 rings (SSSR count). The molecule has 0 aromatic heterocycles. The van der Waals surface area contributed by atoms with Gasteiger partial charge in [-0.05, 0) is 42.4 Å². The average Bonchev–Trinajstić information content (AvgIpc) is 2.37. The van der Waals surface area contributed by atoms with E-state index >= 15 is 0 Å². The van der Waals surface area contributed by atoms with Gasteiger partial charge in [0.25, 0.3) is 5.91 Å². The number of hydrazine groups is 1. The van der Waals surface area contributed by atoms with Crippen LogP contribution in [0.4, 0.5) is 0 Å². The highest BCUT2D eigenvalue weighted by atomic mass is 16.2. The van der Waals surface area contributed by atoms with E-state index in [1.54, 1.807) is 7.05 Å². The van der Waals surface area contributed by atoms with Crippen molar-refractivity contribution < 1.29 is 4.79 Å². The van der Waals surface area contributed by atoms with E-state index in [-0.39, 0.29) is 5.91 Å². The minimum Gasteiger partial charge on any atom is -0.316 e. The van der Waals surface area contributed by atoms with Gasteiger partial charge in [0.15, 0.2) is 0 Å². The number of hydrogen-bond donors (Lipinski definition) is 3. The second-order valence-corrected chi connectivity index (χ2v) is 4.45. The monoisotopic (exact) mass is 233 g/mol. The van der Waals surface area contributed by atoms with Crippen LogP contribution in [0.25, 0.3) is 0 Å². The molecule has 4 heteroatoms. The van der Waals surface area contributed by atoms with Crippen LogP contribution in [0.3, 0.4) is 0 Å². The number of benzene rings is 1. The zero-order valence-electron chi connectivity index (χ0n) is 10.1. The summed E-state index contributed by atoms with van der Waals surface area (Å²) in [6, 6.07) is 5.55. The summed E-state index contributed by atoms with van der Waals surface area (Å²) in [5.74, 6) is -0.205. The van der Waals surface area contributed by atoms with Gasteiger partial charge in [0.2, 0.25) is 0 Å². The van der Waals surface area contributed by atoms with E-state index in [2.05, 4.69) is 23.0 Å². The van der Waals surface area contributed by atoms with Crippen LogP contribution in [0.1, 0.15) is 35.6 Å². The van der Waals surface area contributed by atoms with Crippen molar-refractivity contribution in [3.05, 3.63) is 34.9 Å². The van der Waals surface area contributed by atoms with Crippen molar-refractivity contribution in [3.8, 4) is 0 Å². The Bertz CT molecular complexity index is 417. The molecule has 1 atom stereocenters. The van der Waals surface area contributed by atoms with Crippen molar-refractivity contribution in [1.29, 1.82) is 0 Å². The predicted molar refractivity (Wildman–Crippen MR) is 67.2 cm³/mol. The van der Waals surface area contributed by atoms with Crippen molar-refractivity contribution in [2.45, 2.75) is 31.7 Å². The molecular formula is C13H19N3O. The number of nitrogens with two attached hydrogens (primary N) is 1. The van der Waals surface area contributed by atoms with Crippen LogP contribution in [0.5, 0.6) is 0 Å². The maximum Gasteiger partial charge on any atom is 0.255 e. The molecule has 17 heavy (non-hydrogen) atoms. The number of rotatable bonds is 3. The third-order valence-corrected chi connectivity index (χ3v) is 3.26. The smallest absolute Gasteiger partial charge is 0.255 e. The van der Waals surface area contributed by atoms with Gasteiger partial charge in [-0.1, -0.05) is 18.2 Å². The molecule has 0 heterocycles. The number of hydrogen-bond acceptors (Lipinski definition) is 3. The molecule has 0 fully saturated rings. The lowest BCUT2D eigenvalue weighted by molar-refractivity contribution is -0.123. The van der Waals surface area contributed by atoms with Crippen LogP contribution in [0.2, 0.25) is 0 Å². The Kier molecular flexibility index (Phi) is 3.76. The quantitative estimate of drug-likeness (QED) is 0.677. The van der Waals surface area contributed by atoms with E-state index in [4.69, 9.17) is 5.73 Å². The topological polar surface area (TPSA) is 67.1 Å². The second-order valence-electron chi connectivity index (χ2n) is 4.45. The van der Waals surface area contributed by atoms with Crippen LogP contribution in [0, 0.1) is 0 Å². The summed E-state index contributed by atoms with van der Waals surface area (Å²) in [4.78, 5) is 11.6. The van der Waals surface area contributed by atoms with Gasteiger partial charge < -0.3 is 5.73 Å². The summed E-state index contributed by atoms with van der Waals surface area (Å²) >= 11 is 0. The van der Waals surface area contributed by atoms with Gasteiger partial charge in [-0.15, -0.1) is 0 Å². The van der Waals surface area contributed by atoms with Crippen LogP contribution >= 0.6 is 0 Å². The number of amides is 1. The molecule has 1 aliphatic rings. The lowest BCUT2D eigenvalue weighted by Crippen LogP contribution is -2.40. The van der Waals surface area contributed by atoms with Crippen molar-refractivity contribution >= 4 is 5.91 Å². The highest BCUT2D eigenvalue weighted by Crippen LogP contribution is 2.24. The Labute approximate surface area is 102 Å². The normalized spacial score (nSPS) is 16.1. The van der Waals surface area contributed by atoms with E-state index in [1.807, 2.05) is 6.07 Å². The van der Waals surface area contributed by atoms with Gasteiger partial charge in [0.05, 0.1) is 0 Å². The molecular weight excluding hydrogens is 214 g/mol. The molecule has 4 N–H and O–H groups in total. The number of fused-ring (bicyclic) bond motifs is 1. The van der Waals surface area contributed by atoms with Crippen LogP contribution < -0.4 is 16.6 Å². The SMILES string of the molecule is CNNC(=O)C(N)c1ccc2c(c1)CCCC2. The molecule has 1 aromatic rings. The number of nitrogens with one attached hydrogen (secondary N) is 2. The minimum atomic E-state index is -0.602. The first-order valence-electron chi connectivity index (χ1n) is 6.06. The zero-order chi connectivity index (χ0) is 12.3. The van der Waals surface area contributed by atoms with E-state index in [0.29, 0.717) is 0 Å². The zero-order valence-corrected chi connectivity index (χ0v) is 10.1.